The van der Waals surface area contributed by atoms with Crippen LogP contribution in [0.5, 0.6) is 11.5 Å². The van der Waals surface area contributed by atoms with Gasteiger partial charge < -0.3 is 19.0 Å². The van der Waals surface area contributed by atoms with Crippen LogP contribution in [0.2, 0.25) is 0 Å². The molecule has 0 spiro atoms. The molecule has 0 atom stereocenters. The van der Waals surface area contributed by atoms with Crippen LogP contribution in [-0.2, 0) is 13.0 Å². The minimum absolute atomic E-state index is 0.178. The second kappa shape index (κ2) is 8.40. The maximum Gasteiger partial charge on any atom is 0.173 e. The first-order valence-electron chi connectivity index (χ1n) is 9.11. The zero-order valence-corrected chi connectivity index (χ0v) is 17.0. The van der Waals surface area contributed by atoms with E-state index in [9.17, 15) is 0 Å². The Bertz CT molecular complexity index is 1190. The van der Waals surface area contributed by atoms with Crippen LogP contribution in [0.15, 0.2) is 64.9 Å². The zero-order valence-electron chi connectivity index (χ0n) is 16.2. The highest BCUT2D eigenvalue weighted by Crippen LogP contribution is 2.36. The van der Waals surface area contributed by atoms with Gasteiger partial charge in [0.2, 0.25) is 0 Å². The molecule has 0 unspecified atom stereocenters. The Kier molecular flexibility index (Phi) is 5.53. The van der Waals surface area contributed by atoms with E-state index >= 15 is 0 Å². The van der Waals surface area contributed by atoms with Crippen molar-refractivity contribution in [2.24, 2.45) is 0 Å². The molecule has 4 aromatic rings. The molecule has 2 N–H and O–H groups in total. The lowest BCUT2D eigenvalue weighted by atomic mass is 10.1. The van der Waals surface area contributed by atoms with Crippen LogP contribution in [-0.4, -0.2) is 33.7 Å². The SMILES string of the molecule is COc1ccc(Sc2nc3c([nH]2)c(=N)ncn3CCc2ccccc2)c(OC)c1. The number of nitrogens with zero attached hydrogens (tertiary/aromatic N) is 3. The van der Waals surface area contributed by atoms with Gasteiger partial charge in [-0.2, -0.15) is 0 Å². The highest BCUT2D eigenvalue weighted by Gasteiger charge is 2.13. The summed E-state index contributed by atoms with van der Waals surface area (Å²) in [6.07, 6.45) is 2.54. The molecule has 0 radical (unpaired) electrons. The molecule has 29 heavy (non-hydrogen) atoms. The van der Waals surface area contributed by atoms with E-state index in [0.717, 1.165) is 29.3 Å². The van der Waals surface area contributed by atoms with Crippen molar-refractivity contribution in [3.05, 3.63) is 65.9 Å². The van der Waals surface area contributed by atoms with Crippen molar-refractivity contribution < 1.29 is 9.47 Å². The normalized spacial score (nSPS) is 11.0. The van der Waals surface area contributed by atoms with Gasteiger partial charge in [-0.15, -0.1) is 0 Å². The van der Waals surface area contributed by atoms with Crippen LogP contribution in [0, 0.1) is 5.41 Å². The van der Waals surface area contributed by atoms with E-state index in [1.165, 1.54) is 17.3 Å². The smallest absolute Gasteiger partial charge is 0.173 e. The predicted molar refractivity (Wildman–Crippen MR) is 112 cm³/mol. The summed E-state index contributed by atoms with van der Waals surface area (Å²) in [5.41, 5.74) is 2.76. The topological polar surface area (TPSA) is 88.8 Å². The van der Waals surface area contributed by atoms with Crippen LogP contribution in [0.1, 0.15) is 5.56 Å². The lowest BCUT2D eigenvalue weighted by Gasteiger charge is -2.08. The van der Waals surface area contributed by atoms with Gasteiger partial charge in [0.05, 0.1) is 25.4 Å². The number of hydrogen-bond acceptors (Lipinski definition) is 6. The Balaban J connectivity index is 1.63. The minimum atomic E-state index is 0.178. The Morgan fingerprint density at radius 1 is 1.10 bits per heavy atom. The Morgan fingerprint density at radius 2 is 1.93 bits per heavy atom. The number of nitrogens with one attached hydrogen (secondary N) is 2. The Hall–Kier alpha value is -3.26. The molecule has 0 saturated carbocycles. The number of imidazole rings is 1. The molecular weight excluding hydrogens is 386 g/mol. The number of fused-ring (bicyclic) bond motifs is 1. The largest absolute Gasteiger partial charge is 0.497 e. The maximum atomic E-state index is 8.14. The fourth-order valence-electron chi connectivity index (χ4n) is 3.03. The molecule has 0 aliphatic rings. The van der Waals surface area contributed by atoms with Crippen molar-refractivity contribution in [3.8, 4) is 11.5 Å². The van der Waals surface area contributed by atoms with E-state index in [1.807, 2.05) is 41.0 Å². The van der Waals surface area contributed by atoms with Crippen LogP contribution in [0.4, 0.5) is 0 Å². The maximum absolute atomic E-state index is 8.14. The second-order valence-electron chi connectivity index (χ2n) is 6.38. The van der Waals surface area contributed by atoms with Crippen LogP contribution < -0.4 is 15.0 Å². The quantitative estimate of drug-likeness (QED) is 0.488. The molecule has 7 nitrogen and oxygen atoms in total. The van der Waals surface area contributed by atoms with E-state index in [2.05, 4.69) is 22.1 Å². The number of aromatic nitrogens is 4. The predicted octanol–water partition coefficient (Wildman–Crippen LogP) is 3.65. The van der Waals surface area contributed by atoms with E-state index in [0.29, 0.717) is 16.4 Å². The van der Waals surface area contributed by atoms with Gasteiger partial charge in [0.25, 0.3) is 0 Å². The highest BCUT2D eigenvalue weighted by molar-refractivity contribution is 7.99. The first kappa shape index (κ1) is 19.1. The third-order valence-electron chi connectivity index (χ3n) is 4.56. The number of methoxy groups -OCH3 is 2. The first-order chi connectivity index (χ1) is 14.2. The number of ether oxygens (including phenoxy) is 2. The van der Waals surface area contributed by atoms with Crippen molar-refractivity contribution in [1.29, 1.82) is 5.41 Å². The zero-order chi connectivity index (χ0) is 20.2. The van der Waals surface area contributed by atoms with Crippen molar-refractivity contribution in [1.82, 2.24) is 19.5 Å². The molecule has 0 bridgehead atoms. The Morgan fingerprint density at radius 3 is 2.69 bits per heavy atom. The molecule has 0 amide bonds. The first-order valence-corrected chi connectivity index (χ1v) is 9.93. The second-order valence-corrected chi connectivity index (χ2v) is 7.41. The summed E-state index contributed by atoms with van der Waals surface area (Å²) in [7, 11) is 3.25. The summed E-state index contributed by atoms with van der Waals surface area (Å²) in [6, 6.07) is 15.9. The van der Waals surface area contributed by atoms with E-state index in [1.54, 1.807) is 20.5 Å². The van der Waals surface area contributed by atoms with Crippen LogP contribution >= 0.6 is 11.8 Å². The molecule has 0 fully saturated rings. The summed E-state index contributed by atoms with van der Waals surface area (Å²) < 4.78 is 12.7. The summed E-state index contributed by atoms with van der Waals surface area (Å²) in [5, 5.41) is 8.81. The van der Waals surface area contributed by atoms with E-state index in [4.69, 9.17) is 19.9 Å². The fourth-order valence-corrected chi connectivity index (χ4v) is 3.90. The number of hydrogen-bond donors (Lipinski definition) is 2. The molecule has 2 aromatic carbocycles. The van der Waals surface area contributed by atoms with Crippen LogP contribution in [0.25, 0.3) is 11.2 Å². The molecule has 4 rings (SSSR count). The standard InChI is InChI=1S/C21H21N5O2S/c1-27-15-8-9-17(16(12-15)28-2)29-21-24-18-19(22)23-13-26(20(18)25-21)11-10-14-6-4-3-5-7-14/h3-9,12-13,22H,10-11H2,1-2H3,(H,24,25). The molecule has 0 aliphatic carbocycles. The number of benzene rings is 2. The summed E-state index contributed by atoms with van der Waals surface area (Å²) in [5.74, 6) is 1.43. The number of H-pyrrole nitrogens is 1. The Labute approximate surface area is 172 Å². The molecule has 148 valence electrons. The molecule has 0 saturated heterocycles. The van der Waals surface area contributed by atoms with Gasteiger partial charge in [0.15, 0.2) is 16.3 Å². The molecular formula is C21H21N5O2S. The summed E-state index contributed by atoms with van der Waals surface area (Å²) in [4.78, 5) is 13.1. The molecule has 2 aromatic heterocycles. The van der Waals surface area contributed by atoms with Crippen molar-refractivity contribution in [2.75, 3.05) is 14.2 Å². The number of rotatable bonds is 7. The van der Waals surface area contributed by atoms with Gasteiger partial charge in [-0.3, -0.25) is 5.41 Å². The lowest BCUT2D eigenvalue weighted by Crippen LogP contribution is -2.13. The third kappa shape index (κ3) is 4.12. The average Bonchev–Trinajstić information content (AvgIpc) is 3.19. The number of aryl methyl sites for hydroxylation is 2. The molecule has 8 heteroatoms. The van der Waals surface area contributed by atoms with E-state index in [-0.39, 0.29) is 5.49 Å². The van der Waals surface area contributed by atoms with E-state index < -0.39 is 0 Å². The summed E-state index contributed by atoms with van der Waals surface area (Å²) in [6.45, 7) is 0.731. The molecule has 0 aliphatic heterocycles. The van der Waals surface area contributed by atoms with Gasteiger partial charge in [0.1, 0.15) is 17.0 Å². The average molecular weight is 407 g/mol. The van der Waals surface area contributed by atoms with Crippen molar-refractivity contribution in [3.63, 3.8) is 0 Å². The summed E-state index contributed by atoms with van der Waals surface area (Å²) >= 11 is 1.44. The van der Waals surface area contributed by atoms with Gasteiger partial charge in [-0.05, 0) is 35.9 Å². The van der Waals surface area contributed by atoms with Gasteiger partial charge in [0, 0.05) is 12.6 Å². The lowest BCUT2D eigenvalue weighted by molar-refractivity contribution is 0.387. The van der Waals surface area contributed by atoms with Gasteiger partial charge in [-0.25, -0.2) is 9.97 Å². The minimum Gasteiger partial charge on any atom is -0.497 e. The van der Waals surface area contributed by atoms with Crippen LogP contribution in [0.3, 0.4) is 0 Å². The van der Waals surface area contributed by atoms with Crippen molar-refractivity contribution >= 4 is 22.9 Å². The van der Waals surface area contributed by atoms with Crippen molar-refractivity contribution in [2.45, 2.75) is 23.0 Å². The van der Waals surface area contributed by atoms with Gasteiger partial charge in [-0.1, -0.05) is 30.3 Å². The molecule has 2 heterocycles. The monoisotopic (exact) mass is 407 g/mol. The highest BCUT2D eigenvalue weighted by atomic mass is 32.2. The fraction of sp³-hybridized carbons (Fsp3) is 0.190. The van der Waals surface area contributed by atoms with Gasteiger partial charge >= 0.3 is 0 Å². The number of aromatic amines is 1. The third-order valence-corrected chi connectivity index (χ3v) is 5.50.